The van der Waals surface area contributed by atoms with Gasteiger partial charge in [0.1, 0.15) is 11.4 Å². The molecule has 0 amide bonds. The number of benzene rings is 1. The van der Waals surface area contributed by atoms with Crippen LogP contribution in [0.5, 0.6) is 0 Å². The largest absolute Gasteiger partial charge is 0.462 e. The summed E-state index contributed by atoms with van der Waals surface area (Å²) < 4.78 is 5.17. The van der Waals surface area contributed by atoms with Crippen molar-refractivity contribution in [1.82, 2.24) is 4.98 Å². The second kappa shape index (κ2) is 7.04. The number of pyridine rings is 1. The van der Waals surface area contributed by atoms with Crippen LogP contribution >= 0.6 is 0 Å². The van der Waals surface area contributed by atoms with E-state index in [1.54, 1.807) is 6.92 Å². The Morgan fingerprint density at radius 1 is 1.17 bits per heavy atom. The van der Waals surface area contributed by atoms with Crippen molar-refractivity contribution >= 4 is 11.8 Å². The number of nitrogen functional groups attached to an aromatic ring is 1. The molecule has 1 saturated carbocycles. The molecule has 24 heavy (non-hydrogen) atoms. The third kappa shape index (κ3) is 3.28. The number of aromatic nitrogens is 1. The molecule has 121 valence electrons. The fourth-order valence-corrected chi connectivity index (χ4v) is 2.64. The second-order valence-corrected chi connectivity index (χ2v) is 5.58. The van der Waals surface area contributed by atoms with Gasteiger partial charge in [-0.1, -0.05) is 29.8 Å². The van der Waals surface area contributed by atoms with E-state index in [0.29, 0.717) is 5.56 Å². The summed E-state index contributed by atoms with van der Waals surface area (Å²) in [6.07, 6.45) is 7.81. The van der Waals surface area contributed by atoms with Crippen LogP contribution in [-0.4, -0.2) is 17.6 Å². The number of anilines is 1. The fourth-order valence-electron chi connectivity index (χ4n) is 2.64. The maximum atomic E-state index is 12.4. The van der Waals surface area contributed by atoms with Crippen LogP contribution in [0.2, 0.25) is 0 Å². The molecule has 2 N–H and O–H groups in total. The second-order valence-electron chi connectivity index (χ2n) is 5.58. The minimum absolute atomic E-state index is 0.183. The molecule has 0 saturated heterocycles. The molecule has 2 aromatic rings. The molecule has 0 atom stereocenters. The molecule has 5 radical (unpaired) electrons. The van der Waals surface area contributed by atoms with E-state index in [2.05, 4.69) is 4.98 Å². The molecule has 1 fully saturated rings. The normalized spacial score (nSPS) is 14.8. The summed E-state index contributed by atoms with van der Waals surface area (Å²) in [4.78, 5) is 16.8. The Hall–Kier alpha value is -2.36. The molecule has 0 spiro atoms. The first-order valence-electron chi connectivity index (χ1n) is 7.87. The van der Waals surface area contributed by atoms with Crippen molar-refractivity contribution in [3.8, 4) is 11.1 Å². The molecule has 4 heteroatoms. The molecular weight excluding hydrogens is 300 g/mol. The highest BCUT2D eigenvalue weighted by Gasteiger charge is 2.25. The number of aryl methyl sites for hydroxylation is 1. The number of rotatable bonds is 4. The van der Waals surface area contributed by atoms with Gasteiger partial charge in [0, 0.05) is 11.5 Å². The number of hydrogen-bond acceptors (Lipinski definition) is 4. The van der Waals surface area contributed by atoms with E-state index in [9.17, 15) is 4.79 Å². The summed E-state index contributed by atoms with van der Waals surface area (Å²) in [6, 6.07) is 9.85. The van der Waals surface area contributed by atoms with Crippen LogP contribution in [0.3, 0.4) is 0 Å². The van der Waals surface area contributed by atoms with Crippen LogP contribution in [0.4, 0.5) is 5.82 Å². The zero-order chi connectivity index (χ0) is 17.1. The van der Waals surface area contributed by atoms with Crippen molar-refractivity contribution in [3.63, 3.8) is 0 Å². The van der Waals surface area contributed by atoms with Gasteiger partial charge in [-0.05, 0) is 51.2 Å². The highest BCUT2D eigenvalue weighted by Crippen LogP contribution is 2.35. The smallest absolute Gasteiger partial charge is 0.342 e. The molecule has 4 nitrogen and oxygen atoms in total. The molecule has 1 heterocycles. The Bertz CT molecular complexity index is 732. The van der Waals surface area contributed by atoms with Crippen LogP contribution in [-0.2, 0) is 4.74 Å². The van der Waals surface area contributed by atoms with Gasteiger partial charge in [0.05, 0.1) is 12.3 Å². The molecule has 3 rings (SSSR count). The van der Waals surface area contributed by atoms with Gasteiger partial charge in [0.25, 0.3) is 0 Å². The highest BCUT2D eigenvalue weighted by atomic mass is 16.5. The molecule has 0 bridgehead atoms. The zero-order valence-corrected chi connectivity index (χ0v) is 13.7. The topological polar surface area (TPSA) is 65.2 Å². The molecule has 0 unspecified atom stereocenters. The van der Waals surface area contributed by atoms with E-state index < -0.39 is 5.97 Å². The third-order valence-electron chi connectivity index (χ3n) is 3.85. The Kier molecular flexibility index (Phi) is 4.84. The van der Waals surface area contributed by atoms with Crippen LogP contribution < -0.4 is 5.73 Å². The average Bonchev–Trinajstić information content (AvgIpc) is 3.09. The number of hydrogen-bond donors (Lipinski definition) is 1. The lowest BCUT2D eigenvalue weighted by Gasteiger charge is -2.16. The third-order valence-corrected chi connectivity index (χ3v) is 3.85. The Morgan fingerprint density at radius 3 is 2.46 bits per heavy atom. The fraction of sp³-hybridized carbons (Fsp3) is 0.150. The SMILES string of the molecule is CCOC(=O)c1c(-c2ccc(C)cc2)cc([C]2[CH][CH][CH][CH]2)nc1N. The minimum atomic E-state index is -0.452. The number of esters is 1. The van der Waals surface area contributed by atoms with Crippen molar-refractivity contribution in [2.24, 2.45) is 0 Å². The monoisotopic (exact) mass is 319 g/mol. The lowest BCUT2D eigenvalue weighted by Crippen LogP contribution is -2.13. The van der Waals surface area contributed by atoms with Crippen LogP contribution in [0.1, 0.15) is 28.5 Å². The number of nitrogens with zero attached hydrogens (tertiary/aromatic N) is 1. The van der Waals surface area contributed by atoms with Gasteiger partial charge >= 0.3 is 5.97 Å². The zero-order valence-electron chi connectivity index (χ0n) is 13.7. The van der Waals surface area contributed by atoms with Crippen molar-refractivity contribution in [1.29, 1.82) is 0 Å². The lowest BCUT2D eigenvalue weighted by molar-refractivity contribution is 0.0528. The maximum Gasteiger partial charge on any atom is 0.342 e. The molecule has 1 aromatic heterocycles. The van der Waals surface area contributed by atoms with Crippen molar-refractivity contribution in [3.05, 3.63) is 78.8 Å². The molecule has 0 aliphatic heterocycles. The predicted octanol–water partition coefficient (Wildman–Crippen LogP) is 3.57. The average molecular weight is 319 g/mol. The minimum Gasteiger partial charge on any atom is -0.462 e. The summed E-state index contributed by atoms with van der Waals surface area (Å²) in [5, 5.41) is 0. The van der Waals surface area contributed by atoms with E-state index in [-0.39, 0.29) is 12.4 Å². The van der Waals surface area contributed by atoms with Gasteiger partial charge in [0.2, 0.25) is 0 Å². The first-order chi connectivity index (χ1) is 11.6. The number of carbonyl (C=O) groups excluding carboxylic acids is 1. The lowest BCUT2D eigenvalue weighted by atomic mass is 9.94. The van der Waals surface area contributed by atoms with Crippen LogP contribution in [0, 0.1) is 38.5 Å². The van der Waals surface area contributed by atoms with Crippen LogP contribution in [0.25, 0.3) is 11.1 Å². The molecule has 1 aliphatic rings. The standard InChI is InChI=1S/C20H19N2O2/c1-3-24-20(23)18-16(14-10-8-13(2)9-11-14)12-17(22-19(18)21)15-6-4-5-7-15/h4-12H,3H2,1-2H3,(H2,21,22). The number of ether oxygens (including phenoxy) is 1. The maximum absolute atomic E-state index is 12.4. The Balaban J connectivity index is 2.13. The van der Waals surface area contributed by atoms with Crippen molar-refractivity contribution < 1.29 is 9.53 Å². The summed E-state index contributed by atoms with van der Waals surface area (Å²) in [5.41, 5.74) is 9.96. The Morgan fingerprint density at radius 2 is 1.83 bits per heavy atom. The number of carbonyl (C=O) groups is 1. The quantitative estimate of drug-likeness (QED) is 0.875. The van der Waals surface area contributed by atoms with Crippen molar-refractivity contribution in [2.75, 3.05) is 12.3 Å². The van der Waals surface area contributed by atoms with Gasteiger partial charge in [-0.2, -0.15) is 0 Å². The Labute approximate surface area is 143 Å². The van der Waals surface area contributed by atoms with E-state index in [1.807, 2.05) is 62.9 Å². The van der Waals surface area contributed by atoms with Crippen molar-refractivity contribution in [2.45, 2.75) is 13.8 Å². The molecule has 1 aromatic carbocycles. The highest BCUT2D eigenvalue weighted by molar-refractivity contribution is 6.01. The van der Waals surface area contributed by atoms with E-state index in [0.717, 1.165) is 28.3 Å². The first-order valence-corrected chi connectivity index (χ1v) is 7.87. The molecular formula is C20H19N2O2. The van der Waals surface area contributed by atoms with Gasteiger partial charge in [0.15, 0.2) is 0 Å². The predicted molar refractivity (Wildman–Crippen MR) is 94.3 cm³/mol. The molecule has 1 aliphatic carbocycles. The van der Waals surface area contributed by atoms with E-state index in [1.165, 1.54) is 0 Å². The van der Waals surface area contributed by atoms with Crippen LogP contribution in [0.15, 0.2) is 30.3 Å². The van der Waals surface area contributed by atoms with Gasteiger partial charge in [-0.25, -0.2) is 9.78 Å². The first kappa shape index (κ1) is 16.5. The summed E-state index contributed by atoms with van der Waals surface area (Å²) in [7, 11) is 0. The van der Waals surface area contributed by atoms with Gasteiger partial charge < -0.3 is 10.5 Å². The van der Waals surface area contributed by atoms with Gasteiger partial charge in [-0.3, -0.25) is 0 Å². The summed E-state index contributed by atoms with van der Waals surface area (Å²) in [6.45, 7) is 4.08. The van der Waals surface area contributed by atoms with E-state index >= 15 is 0 Å². The number of nitrogens with two attached hydrogens (primary N) is 1. The summed E-state index contributed by atoms with van der Waals surface area (Å²) >= 11 is 0. The van der Waals surface area contributed by atoms with E-state index in [4.69, 9.17) is 10.5 Å². The summed E-state index contributed by atoms with van der Waals surface area (Å²) in [5.74, 6) is 0.695. The van der Waals surface area contributed by atoms with Gasteiger partial charge in [-0.15, -0.1) is 0 Å².